The molecule has 0 aromatic carbocycles. The average molecular weight is 613 g/mol. The van der Waals surface area contributed by atoms with Crippen LogP contribution in [0.3, 0.4) is 0 Å². The Hall–Kier alpha value is -2.59. The summed E-state index contributed by atoms with van der Waals surface area (Å²) in [6.07, 6.45) is -14.9. The van der Waals surface area contributed by atoms with Crippen LogP contribution in [0, 0.1) is 0 Å². The lowest BCUT2D eigenvalue weighted by Crippen LogP contribution is -2.67. The summed E-state index contributed by atoms with van der Waals surface area (Å²) in [5.74, 6) is -6.32. The number of anilines is 1. The number of aromatic nitrogens is 2. The number of nitrogen functional groups attached to an aromatic ring is 1. The van der Waals surface area contributed by atoms with Gasteiger partial charge in [-0.3, -0.25) is 18.5 Å². The zero-order chi connectivity index (χ0) is 30.9. The molecular formula is C20H30N4O16P-. The lowest BCUT2D eigenvalue weighted by molar-refractivity contribution is -0.313. The molecule has 20 nitrogen and oxygen atoms in total. The van der Waals surface area contributed by atoms with E-state index >= 15 is 0 Å². The Morgan fingerprint density at radius 1 is 1.34 bits per heavy atom. The molecule has 1 amide bonds. The Balaban J connectivity index is 1.79. The number of nitrogens with two attached hydrogens (primary N) is 1. The largest absolute Gasteiger partial charge is 0.756 e. The van der Waals surface area contributed by atoms with Crippen LogP contribution in [0.4, 0.5) is 5.82 Å². The average Bonchev–Trinajstić information content (AvgIpc) is 3.16. The molecule has 0 bridgehead atoms. The molecule has 21 heteroatoms. The van der Waals surface area contributed by atoms with Crippen molar-refractivity contribution in [1.82, 2.24) is 14.9 Å². The number of aliphatic carboxylic acids is 1. The standard InChI is InChI=1S/C20H31N4O16P/c1-7(26)22-12-8(27)4-20(18(32)33,39-16(12)13(29)9(28)5-25)40-41(35,36)37-6-10-14(30)15(31)17(38-10)24-3-2-11(21)23-19(24)34/h2-3,8-10,12-17,25,27-31H,4-6H2,1H3,(H,22,26)(H,32,33)(H,35,36)(H2,21,23,34)/p-1. The summed E-state index contributed by atoms with van der Waals surface area (Å²) >= 11 is 0. The fourth-order valence-corrected chi connectivity index (χ4v) is 5.25. The molecule has 10 N–H and O–H groups in total. The van der Waals surface area contributed by atoms with Crippen molar-refractivity contribution in [2.75, 3.05) is 18.9 Å². The van der Waals surface area contributed by atoms with E-state index in [2.05, 4.69) is 19.3 Å². The molecule has 0 aliphatic carbocycles. The van der Waals surface area contributed by atoms with Crippen molar-refractivity contribution in [3.05, 3.63) is 22.7 Å². The first-order valence-corrected chi connectivity index (χ1v) is 13.3. The number of nitrogens with one attached hydrogen (secondary N) is 1. The number of hydrogen-bond donors (Lipinski definition) is 9. The fourth-order valence-electron chi connectivity index (χ4n) is 4.31. The molecule has 11 unspecified atom stereocenters. The maximum Gasteiger partial charge on any atom is 0.364 e. The second kappa shape index (κ2) is 12.7. The van der Waals surface area contributed by atoms with E-state index in [1.54, 1.807) is 0 Å². The van der Waals surface area contributed by atoms with Gasteiger partial charge in [0.2, 0.25) is 5.91 Å². The summed E-state index contributed by atoms with van der Waals surface area (Å²) < 4.78 is 33.3. The molecule has 0 radical (unpaired) electrons. The molecule has 0 saturated carbocycles. The van der Waals surface area contributed by atoms with Crippen molar-refractivity contribution in [2.45, 2.75) is 74.1 Å². The van der Waals surface area contributed by atoms with Crippen molar-refractivity contribution in [1.29, 1.82) is 0 Å². The van der Waals surface area contributed by atoms with Gasteiger partial charge in [0.15, 0.2) is 6.23 Å². The fraction of sp³-hybridized carbons (Fsp3) is 0.700. The van der Waals surface area contributed by atoms with Gasteiger partial charge in [-0.2, -0.15) is 4.98 Å². The van der Waals surface area contributed by atoms with Crippen molar-refractivity contribution in [3.63, 3.8) is 0 Å². The van der Waals surface area contributed by atoms with Gasteiger partial charge in [0, 0.05) is 19.5 Å². The first-order valence-electron chi connectivity index (χ1n) is 11.9. The first-order chi connectivity index (χ1) is 19.0. The Morgan fingerprint density at radius 3 is 2.56 bits per heavy atom. The van der Waals surface area contributed by atoms with Crippen LogP contribution in [-0.4, -0.2) is 125 Å². The van der Waals surface area contributed by atoms with Crippen molar-refractivity contribution in [2.24, 2.45) is 0 Å². The second-order valence-corrected chi connectivity index (χ2v) is 10.6. The zero-order valence-corrected chi connectivity index (χ0v) is 22.1. The highest BCUT2D eigenvalue weighted by molar-refractivity contribution is 7.45. The number of ether oxygens (including phenoxy) is 2. The second-order valence-electron chi connectivity index (χ2n) is 9.30. The molecule has 3 heterocycles. The minimum Gasteiger partial charge on any atom is -0.756 e. The number of carboxylic acids is 1. The molecular weight excluding hydrogens is 583 g/mol. The van der Waals surface area contributed by atoms with Gasteiger partial charge in [0.25, 0.3) is 13.6 Å². The number of phosphoric acid groups is 1. The molecule has 1 aromatic rings. The number of phosphoric ester groups is 1. The van der Waals surface area contributed by atoms with Gasteiger partial charge in [-0.1, -0.05) is 0 Å². The number of aliphatic hydroxyl groups is 6. The Bertz CT molecular complexity index is 1220. The zero-order valence-electron chi connectivity index (χ0n) is 21.2. The molecule has 2 aliphatic heterocycles. The van der Waals surface area contributed by atoms with E-state index in [9.17, 15) is 59.6 Å². The number of amides is 1. The smallest absolute Gasteiger partial charge is 0.364 e. The predicted molar refractivity (Wildman–Crippen MR) is 126 cm³/mol. The highest BCUT2D eigenvalue weighted by atomic mass is 31.2. The van der Waals surface area contributed by atoms with E-state index in [4.69, 9.17) is 15.2 Å². The number of carbonyl (C=O) groups excluding carboxylic acids is 1. The molecule has 11 atom stereocenters. The van der Waals surface area contributed by atoms with Crippen molar-refractivity contribution >= 4 is 25.5 Å². The summed E-state index contributed by atoms with van der Waals surface area (Å²) in [7, 11) is -5.77. The van der Waals surface area contributed by atoms with Gasteiger partial charge in [-0.15, -0.1) is 0 Å². The summed E-state index contributed by atoms with van der Waals surface area (Å²) in [6, 6.07) is -0.393. The lowest BCUT2D eigenvalue weighted by Gasteiger charge is -2.47. The normalized spacial score (nSPS) is 34.9. The molecule has 2 fully saturated rings. The van der Waals surface area contributed by atoms with Gasteiger partial charge >= 0.3 is 11.7 Å². The molecule has 1 aromatic heterocycles. The summed E-state index contributed by atoms with van der Waals surface area (Å²) in [5.41, 5.74) is 4.44. The van der Waals surface area contributed by atoms with E-state index in [0.717, 1.165) is 17.7 Å². The van der Waals surface area contributed by atoms with Crippen LogP contribution < -0.4 is 21.6 Å². The molecule has 2 saturated heterocycles. The number of rotatable bonds is 11. The number of aliphatic hydroxyl groups excluding tert-OH is 6. The summed E-state index contributed by atoms with van der Waals surface area (Å²) in [4.78, 5) is 51.9. The van der Waals surface area contributed by atoms with Crippen molar-refractivity contribution < 1.29 is 73.3 Å². The van der Waals surface area contributed by atoms with Crippen molar-refractivity contribution in [3.8, 4) is 0 Å². The number of carbonyl (C=O) groups is 2. The number of hydrogen-bond acceptors (Lipinski definition) is 17. The van der Waals surface area contributed by atoms with E-state index in [-0.39, 0.29) is 5.82 Å². The van der Waals surface area contributed by atoms with Gasteiger partial charge in [-0.05, 0) is 6.07 Å². The van der Waals surface area contributed by atoms with Gasteiger partial charge < -0.3 is 65.7 Å². The Labute approximate surface area is 230 Å². The highest BCUT2D eigenvalue weighted by Gasteiger charge is 2.57. The third kappa shape index (κ3) is 7.25. The van der Waals surface area contributed by atoms with E-state index < -0.39 is 106 Å². The van der Waals surface area contributed by atoms with Crippen LogP contribution in [-0.2, 0) is 32.7 Å². The SMILES string of the molecule is CC(=O)NC1C(O)CC(OP(=O)([O-])OCC2OC(n3ccc(N)nc3=O)C(O)C2O)(C(=O)O)OC1C(O)C(O)CO. The van der Waals surface area contributed by atoms with Crippen LogP contribution in [0.2, 0.25) is 0 Å². The Kier molecular flexibility index (Phi) is 10.2. The van der Waals surface area contributed by atoms with Crippen LogP contribution in [0.5, 0.6) is 0 Å². The van der Waals surface area contributed by atoms with Crippen LogP contribution in [0.1, 0.15) is 19.6 Å². The molecule has 41 heavy (non-hydrogen) atoms. The molecule has 232 valence electrons. The summed E-state index contributed by atoms with van der Waals surface area (Å²) in [6.45, 7) is -1.13. The lowest BCUT2D eigenvalue weighted by atomic mass is 9.88. The predicted octanol–water partition coefficient (Wildman–Crippen LogP) is -5.90. The quantitative estimate of drug-likeness (QED) is 0.105. The van der Waals surface area contributed by atoms with E-state index in [1.807, 2.05) is 0 Å². The third-order valence-electron chi connectivity index (χ3n) is 6.31. The molecule has 0 spiro atoms. The Morgan fingerprint density at radius 2 is 2.00 bits per heavy atom. The maximum absolute atomic E-state index is 12.7. The molecule has 3 rings (SSSR count). The molecule has 2 aliphatic rings. The minimum absolute atomic E-state index is 0.143. The van der Waals surface area contributed by atoms with E-state index in [1.165, 1.54) is 6.07 Å². The topological polar surface area (TPSA) is 326 Å². The van der Waals surface area contributed by atoms with Gasteiger partial charge in [0.1, 0.15) is 42.4 Å². The van der Waals surface area contributed by atoms with Crippen LogP contribution in [0.25, 0.3) is 0 Å². The number of carboxylic acid groups (broad SMARTS) is 1. The minimum atomic E-state index is -5.77. The van der Waals surface area contributed by atoms with E-state index in [0.29, 0.717) is 0 Å². The van der Waals surface area contributed by atoms with Gasteiger partial charge in [-0.25, -0.2) is 9.59 Å². The van der Waals surface area contributed by atoms with Gasteiger partial charge in [0.05, 0.1) is 25.4 Å². The first kappa shape index (κ1) is 32.9. The van der Waals surface area contributed by atoms with Crippen LogP contribution in [0.15, 0.2) is 17.1 Å². The highest BCUT2D eigenvalue weighted by Crippen LogP contribution is 2.48. The van der Waals surface area contributed by atoms with Crippen LogP contribution >= 0.6 is 7.82 Å². The number of nitrogens with zero attached hydrogens (tertiary/aromatic N) is 2. The summed E-state index contributed by atoms with van der Waals surface area (Å²) in [5, 5.41) is 72.5. The maximum atomic E-state index is 12.7. The monoisotopic (exact) mass is 613 g/mol. The third-order valence-corrected chi connectivity index (χ3v) is 7.29.